The van der Waals surface area contributed by atoms with Crippen LogP contribution in [-0.2, 0) is 6.42 Å². The van der Waals surface area contributed by atoms with Gasteiger partial charge in [-0.3, -0.25) is 4.98 Å². The van der Waals surface area contributed by atoms with Gasteiger partial charge in [0.2, 0.25) is 0 Å². The van der Waals surface area contributed by atoms with E-state index in [0.717, 1.165) is 54.5 Å². The molecule has 0 spiro atoms. The molecule has 1 aliphatic rings. The number of nitrogens with zero attached hydrogens (tertiary/aromatic N) is 6. The zero-order valence-electron chi connectivity index (χ0n) is 16.2. The molecule has 0 aliphatic carbocycles. The highest BCUT2D eigenvalue weighted by molar-refractivity contribution is 5.59. The number of rotatable bonds is 4. The van der Waals surface area contributed by atoms with Crippen LogP contribution in [0, 0.1) is 24.1 Å². The first-order chi connectivity index (χ1) is 14.1. The molecule has 0 atom stereocenters. The Kier molecular flexibility index (Phi) is 5.34. The van der Waals surface area contributed by atoms with Gasteiger partial charge in [0.25, 0.3) is 0 Å². The summed E-state index contributed by atoms with van der Waals surface area (Å²) in [5.41, 5.74) is 4.51. The van der Waals surface area contributed by atoms with Gasteiger partial charge in [-0.2, -0.15) is 10.4 Å². The molecule has 4 rings (SSSR count). The van der Waals surface area contributed by atoms with E-state index in [4.69, 9.17) is 0 Å². The van der Waals surface area contributed by atoms with E-state index >= 15 is 0 Å². The third-order valence-corrected chi connectivity index (χ3v) is 5.22. The number of benzene rings is 1. The minimum atomic E-state index is -0.236. The van der Waals surface area contributed by atoms with Crippen LogP contribution in [0.1, 0.15) is 22.4 Å². The first kappa shape index (κ1) is 18.8. The second-order valence-corrected chi connectivity index (χ2v) is 7.11. The third-order valence-electron chi connectivity index (χ3n) is 5.22. The highest BCUT2D eigenvalue weighted by Crippen LogP contribution is 2.23. The molecule has 0 amide bonds. The summed E-state index contributed by atoms with van der Waals surface area (Å²) in [6, 6.07) is 12.6. The van der Waals surface area contributed by atoms with Crippen molar-refractivity contribution in [2.75, 3.05) is 36.0 Å². The summed E-state index contributed by atoms with van der Waals surface area (Å²) in [6.45, 7) is 5.24. The van der Waals surface area contributed by atoms with E-state index in [0.29, 0.717) is 12.0 Å². The van der Waals surface area contributed by atoms with E-state index in [9.17, 15) is 9.65 Å². The highest BCUT2D eigenvalue weighted by atomic mass is 19.1. The zero-order valence-corrected chi connectivity index (χ0v) is 16.2. The van der Waals surface area contributed by atoms with Gasteiger partial charge >= 0.3 is 0 Å². The van der Waals surface area contributed by atoms with Crippen molar-refractivity contribution in [2.24, 2.45) is 0 Å². The summed E-state index contributed by atoms with van der Waals surface area (Å²) in [7, 11) is 0. The van der Waals surface area contributed by atoms with Crippen molar-refractivity contribution in [2.45, 2.75) is 13.3 Å². The number of hydrogen-bond acceptors (Lipinski definition) is 6. The Hall–Kier alpha value is -3.53. The smallest absolute Gasteiger partial charge is 0.151 e. The van der Waals surface area contributed by atoms with Gasteiger partial charge in [0.05, 0.1) is 16.9 Å². The number of piperazine rings is 1. The van der Waals surface area contributed by atoms with Gasteiger partial charge in [-0.1, -0.05) is 12.1 Å². The number of halogens is 1. The molecule has 0 N–H and O–H groups in total. The first-order valence-electron chi connectivity index (χ1n) is 9.55. The molecular formula is C22H21FN6. The lowest BCUT2D eigenvalue weighted by Crippen LogP contribution is -2.47. The second kappa shape index (κ2) is 8.23. The molecular weight excluding hydrogens is 367 g/mol. The number of anilines is 2. The summed E-state index contributed by atoms with van der Waals surface area (Å²) < 4.78 is 13.1. The summed E-state index contributed by atoms with van der Waals surface area (Å²) in [5.74, 6) is 0.625. The van der Waals surface area contributed by atoms with Crippen LogP contribution in [0.15, 0.2) is 48.8 Å². The van der Waals surface area contributed by atoms with Gasteiger partial charge < -0.3 is 9.80 Å². The van der Waals surface area contributed by atoms with Crippen LogP contribution in [0.4, 0.5) is 15.9 Å². The maximum atomic E-state index is 13.1. The van der Waals surface area contributed by atoms with Crippen molar-refractivity contribution in [1.29, 1.82) is 5.26 Å². The summed E-state index contributed by atoms with van der Waals surface area (Å²) in [6.07, 6.45) is 3.96. The molecule has 0 radical (unpaired) electrons. The average molecular weight is 388 g/mol. The molecule has 0 unspecified atom stereocenters. The maximum absolute atomic E-state index is 13.1. The van der Waals surface area contributed by atoms with E-state index in [1.165, 1.54) is 12.1 Å². The lowest BCUT2D eigenvalue weighted by atomic mass is 10.1. The maximum Gasteiger partial charge on any atom is 0.151 e. The summed E-state index contributed by atoms with van der Waals surface area (Å²) in [5, 5.41) is 18.1. The number of aryl methyl sites for hydroxylation is 1. The predicted molar refractivity (Wildman–Crippen MR) is 109 cm³/mol. The normalized spacial score (nSPS) is 14.0. The minimum absolute atomic E-state index is 0.236. The van der Waals surface area contributed by atoms with Crippen molar-refractivity contribution in [3.8, 4) is 6.07 Å². The molecule has 1 saturated heterocycles. The van der Waals surface area contributed by atoms with Crippen molar-refractivity contribution in [1.82, 2.24) is 15.2 Å². The lowest BCUT2D eigenvalue weighted by molar-refractivity contribution is 0.627. The van der Waals surface area contributed by atoms with Crippen molar-refractivity contribution in [3.63, 3.8) is 0 Å². The van der Waals surface area contributed by atoms with Gasteiger partial charge in [0, 0.05) is 45.0 Å². The van der Waals surface area contributed by atoms with Gasteiger partial charge in [0.1, 0.15) is 11.9 Å². The van der Waals surface area contributed by atoms with Crippen LogP contribution < -0.4 is 9.80 Å². The van der Waals surface area contributed by atoms with Gasteiger partial charge in [-0.05, 0) is 42.3 Å². The molecule has 3 heterocycles. The molecule has 0 saturated carbocycles. The molecule has 29 heavy (non-hydrogen) atoms. The molecule has 2 aromatic heterocycles. The van der Waals surface area contributed by atoms with E-state index in [1.54, 1.807) is 24.5 Å². The molecule has 0 bridgehead atoms. The molecule has 7 heteroatoms. The van der Waals surface area contributed by atoms with E-state index in [1.807, 2.05) is 13.0 Å². The topological polar surface area (TPSA) is 68.9 Å². The summed E-state index contributed by atoms with van der Waals surface area (Å²) in [4.78, 5) is 8.45. The number of aromatic nitrogens is 3. The van der Waals surface area contributed by atoms with E-state index < -0.39 is 0 Å². The SMILES string of the molecule is Cc1cc(N2CCN(c3ccncc3C#N)CC2)nnc1Cc1ccc(F)cc1. The quantitative estimate of drug-likeness (QED) is 0.684. The molecule has 1 aromatic carbocycles. The van der Waals surface area contributed by atoms with Gasteiger partial charge in [0.15, 0.2) is 5.82 Å². The molecule has 6 nitrogen and oxygen atoms in total. The van der Waals surface area contributed by atoms with Crippen LogP contribution >= 0.6 is 0 Å². The fourth-order valence-electron chi connectivity index (χ4n) is 3.55. The van der Waals surface area contributed by atoms with Crippen molar-refractivity contribution < 1.29 is 4.39 Å². The van der Waals surface area contributed by atoms with E-state index in [-0.39, 0.29) is 5.82 Å². The lowest BCUT2D eigenvalue weighted by Gasteiger charge is -2.36. The highest BCUT2D eigenvalue weighted by Gasteiger charge is 2.21. The molecule has 1 fully saturated rings. The minimum Gasteiger partial charge on any atom is -0.367 e. The first-order valence-corrected chi connectivity index (χ1v) is 9.55. The third kappa shape index (κ3) is 4.16. The fraction of sp³-hybridized carbons (Fsp3) is 0.273. The Balaban J connectivity index is 1.43. The number of pyridine rings is 1. The molecule has 3 aromatic rings. The Morgan fingerprint density at radius 3 is 2.45 bits per heavy atom. The average Bonchev–Trinajstić information content (AvgIpc) is 2.77. The largest absolute Gasteiger partial charge is 0.367 e. The van der Waals surface area contributed by atoms with Crippen molar-refractivity contribution in [3.05, 3.63) is 77.0 Å². The number of nitriles is 1. The van der Waals surface area contributed by atoms with Crippen LogP contribution in [0.25, 0.3) is 0 Å². The Labute approximate surface area is 169 Å². The second-order valence-electron chi connectivity index (χ2n) is 7.11. The van der Waals surface area contributed by atoms with Crippen molar-refractivity contribution >= 4 is 11.5 Å². The van der Waals surface area contributed by atoms with Gasteiger partial charge in [-0.15, -0.1) is 5.10 Å². The standard InChI is InChI=1S/C22H21FN6/c1-16-12-22(27-26-20(16)13-17-2-4-19(23)5-3-17)29-10-8-28(9-11-29)21-6-7-25-15-18(21)14-24/h2-7,12,15H,8-11,13H2,1H3. The fourth-order valence-corrected chi connectivity index (χ4v) is 3.55. The zero-order chi connectivity index (χ0) is 20.2. The Bertz CT molecular complexity index is 1040. The van der Waals surface area contributed by atoms with Gasteiger partial charge in [-0.25, -0.2) is 4.39 Å². The van der Waals surface area contributed by atoms with Crippen LogP contribution in [0.2, 0.25) is 0 Å². The summed E-state index contributed by atoms with van der Waals surface area (Å²) >= 11 is 0. The van der Waals surface area contributed by atoms with Crippen LogP contribution in [-0.4, -0.2) is 41.4 Å². The molecule has 1 aliphatic heterocycles. The Morgan fingerprint density at radius 2 is 1.76 bits per heavy atom. The van der Waals surface area contributed by atoms with E-state index in [2.05, 4.69) is 37.1 Å². The predicted octanol–water partition coefficient (Wildman–Crippen LogP) is 3.11. The van der Waals surface area contributed by atoms with Crippen LogP contribution in [0.3, 0.4) is 0 Å². The van der Waals surface area contributed by atoms with Crippen LogP contribution in [0.5, 0.6) is 0 Å². The molecule has 146 valence electrons. The number of hydrogen-bond donors (Lipinski definition) is 0. The Morgan fingerprint density at radius 1 is 1.03 bits per heavy atom. The monoisotopic (exact) mass is 388 g/mol.